The van der Waals surface area contributed by atoms with E-state index in [0.717, 1.165) is 6.08 Å². The first-order valence-corrected chi connectivity index (χ1v) is 4.26. The number of carbonyl (C=O) groups is 3. The Kier molecular flexibility index (Phi) is 3.21. The SMILES string of the molecule is COCC(C(=O)O)N1C(=O)C=C(C)C1=O. The Bertz CT molecular complexity index is 346. The Balaban J connectivity index is 2.91. The van der Waals surface area contributed by atoms with Gasteiger partial charge in [-0.25, -0.2) is 4.79 Å². The van der Waals surface area contributed by atoms with E-state index in [0.29, 0.717) is 4.90 Å². The molecule has 1 atom stereocenters. The van der Waals surface area contributed by atoms with Gasteiger partial charge in [0.1, 0.15) is 0 Å². The molecule has 15 heavy (non-hydrogen) atoms. The Morgan fingerprint density at radius 2 is 2.20 bits per heavy atom. The second-order valence-corrected chi connectivity index (χ2v) is 3.15. The van der Waals surface area contributed by atoms with Gasteiger partial charge in [-0.15, -0.1) is 0 Å². The number of imide groups is 1. The lowest BCUT2D eigenvalue weighted by atomic mass is 10.2. The van der Waals surface area contributed by atoms with Crippen LogP contribution < -0.4 is 0 Å². The van der Waals surface area contributed by atoms with Crippen LogP contribution >= 0.6 is 0 Å². The zero-order chi connectivity index (χ0) is 11.6. The number of carboxylic acid groups (broad SMARTS) is 1. The fourth-order valence-corrected chi connectivity index (χ4v) is 1.32. The number of carbonyl (C=O) groups excluding carboxylic acids is 2. The maximum atomic E-state index is 11.5. The van der Waals surface area contributed by atoms with E-state index in [4.69, 9.17) is 5.11 Å². The van der Waals surface area contributed by atoms with Crippen LogP contribution in [0.25, 0.3) is 0 Å². The molecule has 2 amide bonds. The third-order valence-corrected chi connectivity index (χ3v) is 2.05. The van der Waals surface area contributed by atoms with Gasteiger partial charge in [-0.1, -0.05) is 0 Å². The predicted molar refractivity (Wildman–Crippen MR) is 48.9 cm³/mol. The predicted octanol–water partition coefficient (Wildman–Crippen LogP) is -0.599. The minimum absolute atomic E-state index is 0.214. The summed E-state index contributed by atoms with van der Waals surface area (Å²) in [6, 6.07) is -1.26. The summed E-state index contributed by atoms with van der Waals surface area (Å²) in [5, 5.41) is 8.84. The number of methoxy groups -OCH3 is 1. The molecule has 1 aliphatic rings. The van der Waals surface area contributed by atoms with Gasteiger partial charge < -0.3 is 9.84 Å². The van der Waals surface area contributed by atoms with Crippen LogP contribution in [0.2, 0.25) is 0 Å². The van der Waals surface area contributed by atoms with Crippen LogP contribution in [0.15, 0.2) is 11.6 Å². The van der Waals surface area contributed by atoms with E-state index < -0.39 is 23.8 Å². The minimum Gasteiger partial charge on any atom is -0.480 e. The van der Waals surface area contributed by atoms with Crippen LogP contribution in [0.4, 0.5) is 0 Å². The number of amides is 2. The van der Waals surface area contributed by atoms with Gasteiger partial charge in [0.25, 0.3) is 11.8 Å². The van der Waals surface area contributed by atoms with Gasteiger partial charge in [0.2, 0.25) is 0 Å². The molecule has 0 saturated heterocycles. The lowest BCUT2D eigenvalue weighted by Crippen LogP contribution is -2.47. The zero-order valence-corrected chi connectivity index (χ0v) is 8.39. The van der Waals surface area contributed by atoms with Crippen molar-refractivity contribution in [3.05, 3.63) is 11.6 Å². The maximum Gasteiger partial charge on any atom is 0.329 e. The summed E-state index contributed by atoms with van der Waals surface area (Å²) >= 11 is 0. The first kappa shape index (κ1) is 11.4. The van der Waals surface area contributed by atoms with E-state index >= 15 is 0 Å². The van der Waals surface area contributed by atoms with Crippen molar-refractivity contribution in [3.63, 3.8) is 0 Å². The van der Waals surface area contributed by atoms with Gasteiger partial charge in [-0.2, -0.15) is 0 Å². The van der Waals surface area contributed by atoms with Crippen LogP contribution in [0, 0.1) is 0 Å². The maximum absolute atomic E-state index is 11.5. The molecule has 0 aliphatic carbocycles. The minimum atomic E-state index is -1.26. The Morgan fingerprint density at radius 1 is 1.60 bits per heavy atom. The van der Waals surface area contributed by atoms with Crippen molar-refractivity contribution in [2.24, 2.45) is 0 Å². The number of nitrogens with zero attached hydrogens (tertiary/aromatic N) is 1. The molecule has 0 aromatic heterocycles. The van der Waals surface area contributed by atoms with Crippen LogP contribution in [0.3, 0.4) is 0 Å². The molecule has 0 saturated carbocycles. The molecule has 0 aromatic rings. The van der Waals surface area contributed by atoms with Gasteiger partial charge in [-0.3, -0.25) is 14.5 Å². The molecule has 1 rings (SSSR count). The molecule has 0 spiro atoms. The third-order valence-electron chi connectivity index (χ3n) is 2.05. The average molecular weight is 213 g/mol. The van der Waals surface area contributed by atoms with Crippen LogP contribution in [-0.2, 0) is 19.1 Å². The Morgan fingerprint density at radius 3 is 2.53 bits per heavy atom. The largest absolute Gasteiger partial charge is 0.480 e. The fraction of sp³-hybridized carbons (Fsp3) is 0.444. The summed E-state index contributed by atoms with van der Waals surface area (Å²) in [5.41, 5.74) is 0.238. The van der Waals surface area contributed by atoms with E-state index in [1.54, 1.807) is 0 Å². The molecule has 6 nitrogen and oxygen atoms in total. The van der Waals surface area contributed by atoms with Gasteiger partial charge in [0.05, 0.1) is 6.61 Å². The quantitative estimate of drug-likeness (QED) is 0.630. The van der Waals surface area contributed by atoms with Crippen molar-refractivity contribution in [2.75, 3.05) is 13.7 Å². The number of ether oxygens (including phenoxy) is 1. The standard InChI is InChI=1S/C9H11NO5/c1-5-3-7(11)10(8(5)12)6(4-15-2)9(13)14/h3,6H,4H2,1-2H3,(H,13,14). The van der Waals surface area contributed by atoms with E-state index in [9.17, 15) is 14.4 Å². The van der Waals surface area contributed by atoms with Crippen molar-refractivity contribution < 1.29 is 24.2 Å². The van der Waals surface area contributed by atoms with Crippen LogP contribution in [0.5, 0.6) is 0 Å². The summed E-state index contributed by atoms with van der Waals surface area (Å²) in [7, 11) is 1.31. The van der Waals surface area contributed by atoms with E-state index in [-0.39, 0.29) is 12.2 Å². The average Bonchev–Trinajstić information content (AvgIpc) is 2.38. The van der Waals surface area contributed by atoms with E-state index in [2.05, 4.69) is 4.74 Å². The molecule has 0 aromatic carbocycles. The normalized spacial score (nSPS) is 18.0. The van der Waals surface area contributed by atoms with Crippen LogP contribution in [0.1, 0.15) is 6.92 Å². The Labute approximate surface area is 86.1 Å². The van der Waals surface area contributed by atoms with Gasteiger partial charge >= 0.3 is 5.97 Å². The molecule has 1 aliphatic heterocycles. The van der Waals surface area contributed by atoms with Crippen molar-refractivity contribution in [1.29, 1.82) is 0 Å². The molecular weight excluding hydrogens is 202 g/mol. The van der Waals surface area contributed by atoms with Crippen molar-refractivity contribution in [3.8, 4) is 0 Å². The summed E-state index contributed by atoms with van der Waals surface area (Å²) in [6.45, 7) is 1.25. The molecule has 82 valence electrons. The summed E-state index contributed by atoms with van der Waals surface area (Å²) in [5.74, 6) is -2.45. The van der Waals surface area contributed by atoms with Crippen LogP contribution in [-0.4, -0.2) is 47.5 Å². The number of rotatable bonds is 4. The van der Waals surface area contributed by atoms with E-state index in [1.165, 1.54) is 14.0 Å². The first-order chi connectivity index (χ1) is 6.99. The summed E-state index contributed by atoms with van der Waals surface area (Å²) in [6.07, 6.45) is 1.12. The zero-order valence-electron chi connectivity index (χ0n) is 8.39. The highest BCUT2D eigenvalue weighted by molar-refractivity contribution is 6.17. The molecule has 1 heterocycles. The molecule has 0 bridgehead atoms. The van der Waals surface area contributed by atoms with Crippen molar-refractivity contribution in [2.45, 2.75) is 13.0 Å². The highest BCUT2D eigenvalue weighted by atomic mass is 16.5. The fourth-order valence-electron chi connectivity index (χ4n) is 1.32. The lowest BCUT2D eigenvalue weighted by molar-refractivity contribution is -0.155. The second kappa shape index (κ2) is 4.22. The van der Waals surface area contributed by atoms with Crippen molar-refractivity contribution in [1.82, 2.24) is 4.90 Å². The molecule has 0 radical (unpaired) electrons. The third kappa shape index (κ3) is 2.04. The summed E-state index contributed by atoms with van der Waals surface area (Å²) < 4.78 is 4.66. The monoisotopic (exact) mass is 213 g/mol. The molecule has 6 heteroatoms. The topological polar surface area (TPSA) is 83.9 Å². The van der Waals surface area contributed by atoms with Gasteiger partial charge in [0.15, 0.2) is 6.04 Å². The first-order valence-electron chi connectivity index (χ1n) is 4.26. The number of hydrogen-bond donors (Lipinski definition) is 1. The lowest BCUT2D eigenvalue weighted by Gasteiger charge is -2.21. The number of carboxylic acids is 1. The molecule has 1 unspecified atom stereocenters. The molecular formula is C9H11NO5. The molecule has 1 N–H and O–H groups in total. The van der Waals surface area contributed by atoms with Crippen molar-refractivity contribution >= 4 is 17.8 Å². The highest BCUT2D eigenvalue weighted by Gasteiger charge is 2.38. The highest BCUT2D eigenvalue weighted by Crippen LogP contribution is 2.15. The van der Waals surface area contributed by atoms with E-state index in [1.807, 2.05) is 0 Å². The second-order valence-electron chi connectivity index (χ2n) is 3.15. The van der Waals surface area contributed by atoms with Gasteiger partial charge in [0, 0.05) is 18.8 Å². The Hall–Kier alpha value is -1.69. The smallest absolute Gasteiger partial charge is 0.329 e. The number of hydrogen-bond acceptors (Lipinski definition) is 4. The number of aliphatic carboxylic acids is 1. The van der Waals surface area contributed by atoms with Gasteiger partial charge in [-0.05, 0) is 6.92 Å². The molecule has 0 fully saturated rings. The summed E-state index contributed by atoms with van der Waals surface area (Å²) in [4.78, 5) is 34.3.